The molecule has 3 rings (SSSR count). The number of fused-ring (bicyclic) bond motifs is 1. The quantitative estimate of drug-likeness (QED) is 0.761. The second-order valence-corrected chi connectivity index (χ2v) is 5.92. The smallest absolute Gasteiger partial charge is 0.154 e. The van der Waals surface area contributed by atoms with Gasteiger partial charge in [0.1, 0.15) is 30.1 Å². The van der Waals surface area contributed by atoms with Crippen LogP contribution in [0.15, 0.2) is 12.3 Å². The van der Waals surface area contributed by atoms with E-state index in [0.717, 1.165) is 0 Å². The molecule has 0 saturated carbocycles. The van der Waals surface area contributed by atoms with Crippen molar-refractivity contribution in [2.75, 3.05) is 6.61 Å². The third-order valence-corrected chi connectivity index (χ3v) is 4.46. The number of pyridine rings is 1. The fraction of sp³-hybridized carbons (Fsp3) is 0.417. The Labute approximate surface area is 134 Å². The van der Waals surface area contributed by atoms with E-state index < -0.39 is 31.0 Å². The van der Waals surface area contributed by atoms with Crippen molar-refractivity contribution < 1.29 is 20.1 Å². The van der Waals surface area contributed by atoms with E-state index in [-0.39, 0.29) is 10.2 Å². The number of aromatic nitrogens is 2. The van der Waals surface area contributed by atoms with E-state index in [4.69, 9.17) is 44.6 Å². The van der Waals surface area contributed by atoms with Crippen LogP contribution in [0.5, 0.6) is 0 Å². The fourth-order valence-electron chi connectivity index (χ4n) is 2.41. The van der Waals surface area contributed by atoms with Gasteiger partial charge < -0.3 is 20.1 Å². The average molecular weight is 354 g/mol. The van der Waals surface area contributed by atoms with Gasteiger partial charge in [0, 0.05) is 12.3 Å². The highest BCUT2D eigenvalue weighted by Gasteiger charge is 2.45. The Morgan fingerprint density at radius 3 is 2.52 bits per heavy atom. The summed E-state index contributed by atoms with van der Waals surface area (Å²) in [7, 11) is 0. The zero-order chi connectivity index (χ0) is 15.3. The Morgan fingerprint density at radius 1 is 1.19 bits per heavy atom. The fourth-order valence-corrected chi connectivity index (χ4v) is 2.99. The first-order valence-electron chi connectivity index (χ1n) is 6.09. The van der Waals surface area contributed by atoms with E-state index in [1.807, 2.05) is 0 Å². The van der Waals surface area contributed by atoms with E-state index in [1.54, 1.807) is 0 Å². The third kappa shape index (κ3) is 2.41. The molecule has 0 spiro atoms. The van der Waals surface area contributed by atoms with Gasteiger partial charge >= 0.3 is 0 Å². The predicted molar refractivity (Wildman–Crippen MR) is 76.9 cm³/mol. The predicted octanol–water partition coefficient (Wildman–Crippen LogP) is 1.45. The Kier molecular flexibility index (Phi) is 4.04. The molecule has 0 radical (unpaired) electrons. The third-order valence-electron chi connectivity index (χ3n) is 3.47. The normalized spacial score (nSPS) is 29.4. The maximum atomic E-state index is 10.1. The summed E-state index contributed by atoms with van der Waals surface area (Å²) in [6.45, 7) is -0.421. The summed E-state index contributed by atoms with van der Waals surface area (Å²) < 4.78 is 7.01. The lowest BCUT2D eigenvalue weighted by molar-refractivity contribution is -0.0241. The van der Waals surface area contributed by atoms with Crippen LogP contribution in [0.4, 0.5) is 0 Å². The van der Waals surface area contributed by atoms with Crippen molar-refractivity contribution in [1.82, 2.24) is 9.38 Å². The van der Waals surface area contributed by atoms with Crippen molar-refractivity contribution in [3.8, 4) is 0 Å². The molecule has 1 saturated heterocycles. The molecule has 2 aromatic rings. The zero-order valence-corrected chi connectivity index (χ0v) is 12.7. The first-order chi connectivity index (χ1) is 9.93. The molecule has 4 atom stereocenters. The van der Waals surface area contributed by atoms with Gasteiger partial charge in [-0.15, -0.1) is 0 Å². The van der Waals surface area contributed by atoms with Gasteiger partial charge in [0.05, 0.1) is 22.3 Å². The summed E-state index contributed by atoms with van der Waals surface area (Å²) in [5.41, 5.74) is 0.773. The molecule has 2 aromatic heterocycles. The summed E-state index contributed by atoms with van der Waals surface area (Å²) in [6, 6.07) is 1.53. The lowest BCUT2D eigenvalue weighted by Crippen LogP contribution is -2.32. The molecular formula is C12H11Cl3N2O4. The number of halogens is 3. The largest absolute Gasteiger partial charge is 0.394 e. The summed E-state index contributed by atoms with van der Waals surface area (Å²) in [5, 5.41) is 29.8. The summed E-state index contributed by atoms with van der Waals surface area (Å²) in [4.78, 5) is 4.12. The summed E-state index contributed by atoms with van der Waals surface area (Å²) >= 11 is 18.0. The van der Waals surface area contributed by atoms with Crippen LogP contribution in [0.25, 0.3) is 5.65 Å². The number of hydrogen-bond donors (Lipinski definition) is 3. The van der Waals surface area contributed by atoms with Gasteiger partial charge in [-0.25, -0.2) is 4.98 Å². The number of aliphatic hydroxyl groups is 3. The highest BCUT2D eigenvalue weighted by Crippen LogP contribution is 2.38. The summed E-state index contributed by atoms with van der Waals surface area (Å²) in [6.07, 6.45) is -2.79. The SMILES string of the molecule is OC[C@H]1OC(c2c(Cl)nc3cc(Cl)c(Cl)cn23)[C@H](O)[C@@H]1O. The molecule has 6 nitrogen and oxygen atoms in total. The van der Waals surface area contributed by atoms with E-state index in [9.17, 15) is 10.2 Å². The molecule has 3 N–H and O–H groups in total. The molecule has 114 valence electrons. The lowest BCUT2D eigenvalue weighted by Gasteiger charge is -2.15. The molecule has 9 heteroatoms. The highest BCUT2D eigenvalue weighted by atomic mass is 35.5. The minimum Gasteiger partial charge on any atom is -0.394 e. The van der Waals surface area contributed by atoms with Crippen LogP contribution in [-0.2, 0) is 4.74 Å². The van der Waals surface area contributed by atoms with E-state index >= 15 is 0 Å². The van der Waals surface area contributed by atoms with E-state index in [0.29, 0.717) is 16.4 Å². The highest BCUT2D eigenvalue weighted by molar-refractivity contribution is 6.42. The molecular weight excluding hydrogens is 343 g/mol. The first kappa shape index (κ1) is 15.3. The standard InChI is InChI=1S/C12H11Cl3N2O4/c13-4-1-7-16-12(15)8(17(7)2-5(4)14)11-10(20)9(19)6(3-18)21-11/h1-2,6,9-11,18-20H,3H2/t6-,9-,10-,11?/m1/s1. The Morgan fingerprint density at radius 2 is 1.90 bits per heavy atom. The Hall–Kier alpha value is -0.600. The average Bonchev–Trinajstić information content (AvgIpc) is 2.89. The van der Waals surface area contributed by atoms with Gasteiger partial charge in [0.2, 0.25) is 0 Å². The molecule has 0 bridgehead atoms. The molecule has 1 aliphatic rings. The Balaban J connectivity index is 2.12. The van der Waals surface area contributed by atoms with Crippen LogP contribution in [0, 0.1) is 0 Å². The molecule has 1 fully saturated rings. The summed E-state index contributed by atoms with van der Waals surface area (Å²) in [5.74, 6) is 0. The number of rotatable bonds is 2. The number of nitrogens with zero attached hydrogens (tertiary/aromatic N) is 2. The topological polar surface area (TPSA) is 87.2 Å². The monoisotopic (exact) mass is 352 g/mol. The van der Waals surface area contributed by atoms with Crippen molar-refractivity contribution in [2.24, 2.45) is 0 Å². The van der Waals surface area contributed by atoms with Gasteiger partial charge in [-0.3, -0.25) is 4.40 Å². The molecule has 1 aliphatic heterocycles. The van der Waals surface area contributed by atoms with Gasteiger partial charge in [-0.05, 0) is 0 Å². The van der Waals surface area contributed by atoms with Crippen molar-refractivity contribution in [3.63, 3.8) is 0 Å². The number of hydrogen-bond acceptors (Lipinski definition) is 5. The first-order valence-corrected chi connectivity index (χ1v) is 7.22. The van der Waals surface area contributed by atoms with E-state index in [2.05, 4.69) is 4.98 Å². The minimum absolute atomic E-state index is 0.100. The number of ether oxygens (including phenoxy) is 1. The number of imidazole rings is 1. The van der Waals surface area contributed by atoms with Crippen molar-refractivity contribution in [3.05, 3.63) is 33.2 Å². The molecule has 1 unspecified atom stereocenters. The van der Waals surface area contributed by atoms with Crippen LogP contribution in [0.2, 0.25) is 15.2 Å². The number of aliphatic hydroxyl groups excluding tert-OH is 3. The maximum absolute atomic E-state index is 10.1. The van der Waals surface area contributed by atoms with E-state index in [1.165, 1.54) is 16.7 Å². The second-order valence-electron chi connectivity index (χ2n) is 4.74. The molecule has 0 aromatic carbocycles. The maximum Gasteiger partial charge on any atom is 0.154 e. The van der Waals surface area contributed by atoms with Gasteiger partial charge in [0.25, 0.3) is 0 Å². The zero-order valence-electron chi connectivity index (χ0n) is 10.4. The van der Waals surface area contributed by atoms with Gasteiger partial charge in [-0.1, -0.05) is 34.8 Å². The molecule has 0 aliphatic carbocycles. The van der Waals surface area contributed by atoms with Crippen molar-refractivity contribution >= 4 is 40.4 Å². The van der Waals surface area contributed by atoms with Crippen LogP contribution >= 0.6 is 34.8 Å². The minimum atomic E-state index is -1.24. The Bertz CT molecular complexity index is 693. The van der Waals surface area contributed by atoms with Crippen LogP contribution in [-0.4, -0.2) is 49.6 Å². The van der Waals surface area contributed by atoms with Crippen LogP contribution < -0.4 is 0 Å². The molecule has 0 amide bonds. The van der Waals surface area contributed by atoms with Crippen molar-refractivity contribution in [1.29, 1.82) is 0 Å². The van der Waals surface area contributed by atoms with Gasteiger partial charge in [0.15, 0.2) is 5.15 Å². The van der Waals surface area contributed by atoms with Crippen molar-refractivity contribution in [2.45, 2.75) is 24.4 Å². The van der Waals surface area contributed by atoms with Crippen LogP contribution in [0.3, 0.4) is 0 Å². The lowest BCUT2D eigenvalue weighted by atomic mass is 10.1. The van der Waals surface area contributed by atoms with Gasteiger partial charge in [-0.2, -0.15) is 0 Å². The second kappa shape index (κ2) is 5.55. The van der Waals surface area contributed by atoms with Crippen LogP contribution in [0.1, 0.15) is 11.8 Å². The molecule has 3 heterocycles. The molecule has 21 heavy (non-hydrogen) atoms.